The quantitative estimate of drug-likeness (QED) is 0.833. The summed E-state index contributed by atoms with van der Waals surface area (Å²) in [6.07, 6.45) is 8.67. The molecule has 0 bridgehead atoms. The number of hydrogen-bond acceptors (Lipinski definition) is 3. The Morgan fingerprint density at radius 3 is 2.73 bits per heavy atom. The molecule has 3 heteroatoms. The smallest absolute Gasteiger partial charge is 0.119 e. The van der Waals surface area contributed by atoms with Crippen LogP contribution in [0.25, 0.3) is 0 Å². The molecule has 2 nitrogen and oxygen atoms in total. The van der Waals surface area contributed by atoms with Crippen LogP contribution in [0.2, 0.25) is 0 Å². The molecule has 0 unspecified atom stereocenters. The summed E-state index contributed by atoms with van der Waals surface area (Å²) in [4.78, 5) is 4.41. The molecule has 1 aliphatic carbocycles. The monoisotopic (exact) mass is 222 g/mol. The van der Waals surface area contributed by atoms with E-state index in [0.717, 1.165) is 21.5 Å². The summed E-state index contributed by atoms with van der Waals surface area (Å²) in [6.45, 7) is 2.03. The number of nitrogens with two attached hydrogens (primary N) is 1. The molecule has 1 heterocycles. The predicted molar refractivity (Wildman–Crippen MR) is 66.1 cm³/mol. The van der Waals surface area contributed by atoms with E-state index in [0.29, 0.717) is 0 Å². The van der Waals surface area contributed by atoms with Gasteiger partial charge in [0.25, 0.3) is 0 Å². The number of pyridine rings is 1. The zero-order valence-electron chi connectivity index (χ0n) is 9.20. The van der Waals surface area contributed by atoms with E-state index in [4.69, 9.17) is 5.73 Å². The number of aryl methyl sites for hydroxylation is 1. The highest BCUT2D eigenvalue weighted by atomic mass is 32.2. The first-order chi connectivity index (χ1) is 7.25. The third-order valence-electron chi connectivity index (χ3n) is 2.85. The first-order valence-corrected chi connectivity index (χ1v) is 6.52. The molecule has 0 spiro atoms. The van der Waals surface area contributed by atoms with Crippen molar-refractivity contribution in [3.63, 3.8) is 0 Å². The molecule has 2 N–H and O–H groups in total. The van der Waals surface area contributed by atoms with Crippen LogP contribution in [0.3, 0.4) is 0 Å². The summed E-state index contributed by atoms with van der Waals surface area (Å²) < 4.78 is 0. The predicted octanol–water partition coefficient (Wildman–Crippen LogP) is 3.40. The van der Waals surface area contributed by atoms with E-state index in [2.05, 4.69) is 4.98 Å². The highest BCUT2D eigenvalue weighted by molar-refractivity contribution is 8.00. The first kappa shape index (κ1) is 10.8. The number of nitrogen functional groups attached to an aromatic ring is 1. The van der Waals surface area contributed by atoms with E-state index < -0.39 is 0 Å². The fraction of sp³-hybridized carbons (Fsp3) is 0.583. The highest BCUT2D eigenvalue weighted by Gasteiger charge is 2.16. The fourth-order valence-corrected chi connectivity index (χ4v) is 3.21. The number of nitrogens with zero attached hydrogens (tertiary/aromatic N) is 1. The van der Waals surface area contributed by atoms with Gasteiger partial charge in [-0.3, -0.25) is 0 Å². The number of thioether (sulfide) groups is 1. The van der Waals surface area contributed by atoms with E-state index in [1.54, 1.807) is 0 Å². The molecule has 0 radical (unpaired) electrons. The molecule has 2 rings (SSSR count). The van der Waals surface area contributed by atoms with Crippen molar-refractivity contribution in [2.45, 2.75) is 49.3 Å². The SMILES string of the molecule is Cc1cnc(SC2CCCCC2)c(N)c1. The van der Waals surface area contributed by atoms with Crippen molar-refractivity contribution < 1.29 is 0 Å². The Morgan fingerprint density at radius 2 is 2.07 bits per heavy atom. The zero-order valence-corrected chi connectivity index (χ0v) is 10.0. The Hall–Kier alpha value is -0.700. The molecule has 1 aromatic heterocycles. The van der Waals surface area contributed by atoms with E-state index >= 15 is 0 Å². The molecular weight excluding hydrogens is 204 g/mol. The molecule has 82 valence electrons. The largest absolute Gasteiger partial charge is 0.397 e. The van der Waals surface area contributed by atoms with Gasteiger partial charge in [0.15, 0.2) is 0 Å². The normalized spacial score (nSPS) is 17.9. The summed E-state index contributed by atoms with van der Waals surface area (Å²) in [6, 6.07) is 2.01. The lowest BCUT2D eigenvalue weighted by molar-refractivity contribution is 0.516. The number of rotatable bonds is 2. The molecular formula is C12H18N2S. The van der Waals surface area contributed by atoms with Crippen molar-refractivity contribution in [1.29, 1.82) is 0 Å². The minimum absolute atomic E-state index is 0.733. The van der Waals surface area contributed by atoms with Crippen LogP contribution in [0.1, 0.15) is 37.7 Å². The van der Waals surface area contributed by atoms with Gasteiger partial charge in [-0.2, -0.15) is 0 Å². The minimum Gasteiger partial charge on any atom is -0.397 e. The van der Waals surface area contributed by atoms with Gasteiger partial charge in [0.2, 0.25) is 0 Å². The van der Waals surface area contributed by atoms with Gasteiger partial charge < -0.3 is 5.73 Å². The maximum absolute atomic E-state index is 5.96. The summed E-state index contributed by atoms with van der Waals surface area (Å²) >= 11 is 1.86. The lowest BCUT2D eigenvalue weighted by Crippen LogP contribution is -2.08. The summed E-state index contributed by atoms with van der Waals surface area (Å²) in [7, 11) is 0. The summed E-state index contributed by atoms with van der Waals surface area (Å²) in [5.74, 6) is 0. The molecule has 0 aliphatic heterocycles. The van der Waals surface area contributed by atoms with Gasteiger partial charge in [0.1, 0.15) is 5.03 Å². The third kappa shape index (κ3) is 2.88. The van der Waals surface area contributed by atoms with Crippen LogP contribution in [0.5, 0.6) is 0 Å². The van der Waals surface area contributed by atoms with Crippen molar-refractivity contribution in [3.05, 3.63) is 17.8 Å². The molecule has 0 amide bonds. The van der Waals surface area contributed by atoms with Gasteiger partial charge in [-0.25, -0.2) is 4.98 Å². The molecule has 0 aromatic carbocycles. The average molecular weight is 222 g/mol. The molecule has 0 saturated heterocycles. The molecule has 0 atom stereocenters. The number of hydrogen-bond donors (Lipinski definition) is 1. The second kappa shape index (κ2) is 4.88. The van der Waals surface area contributed by atoms with Gasteiger partial charge in [-0.1, -0.05) is 19.3 Å². The van der Waals surface area contributed by atoms with Crippen LogP contribution in [0.4, 0.5) is 5.69 Å². The molecule has 1 aromatic rings. The van der Waals surface area contributed by atoms with E-state index in [1.807, 2.05) is 30.9 Å². The van der Waals surface area contributed by atoms with Crippen LogP contribution in [0.15, 0.2) is 17.3 Å². The average Bonchev–Trinajstić information content (AvgIpc) is 2.24. The Balaban J connectivity index is 2.03. The van der Waals surface area contributed by atoms with Crippen LogP contribution in [-0.4, -0.2) is 10.2 Å². The summed E-state index contributed by atoms with van der Waals surface area (Å²) in [5.41, 5.74) is 7.93. The Kier molecular flexibility index (Phi) is 3.52. The lowest BCUT2D eigenvalue weighted by atomic mass is 10.0. The van der Waals surface area contributed by atoms with Gasteiger partial charge in [-0.05, 0) is 31.4 Å². The lowest BCUT2D eigenvalue weighted by Gasteiger charge is -2.20. The van der Waals surface area contributed by atoms with E-state index in [1.165, 1.54) is 32.1 Å². The fourth-order valence-electron chi connectivity index (χ4n) is 2.02. The molecule has 15 heavy (non-hydrogen) atoms. The minimum atomic E-state index is 0.733. The van der Waals surface area contributed by atoms with E-state index in [9.17, 15) is 0 Å². The van der Waals surface area contributed by atoms with Crippen molar-refractivity contribution >= 4 is 17.4 Å². The third-order valence-corrected chi connectivity index (χ3v) is 4.22. The van der Waals surface area contributed by atoms with Crippen LogP contribution >= 0.6 is 11.8 Å². The van der Waals surface area contributed by atoms with Crippen molar-refractivity contribution in [3.8, 4) is 0 Å². The maximum atomic E-state index is 5.96. The summed E-state index contributed by atoms with van der Waals surface area (Å²) in [5, 5.41) is 1.75. The standard InChI is InChI=1S/C12H18N2S/c1-9-7-11(13)12(14-8-9)15-10-5-3-2-4-6-10/h7-8,10H,2-6,13H2,1H3. The zero-order chi connectivity index (χ0) is 10.7. The Labute approximate surface area is 95.7 Å². The van der Waals surface area contributed by atoms with Gasteiger partial charge >= 0.3 is 0 Å². The van der Waals surface area contributed by atoms with Crippen LogP contribution in [-0.2, 0) is 0 Å². The van der Waals surface area contributed by atoms with Gasteiger partial charge in [0, 0.05) is 11.4 Å². The molecule has 1 fully saturated rings. The molecule has 1 saturated carbocycles. The highest BCUT2D eigenvalue weighted by Crippen LogP contribution is 2.35. The second-order valence-electron chi connectivity index (χ2n) is 4.28. The van der Waals surface area contributed by atoms with E-state index in [-0.39, 0.29) is 0 Å². The first-order valence-electron chi connectivity index (χ1n) is 5.64. The maximum Gasteiger partial charge on any atom is 0.119 e. The van der Waals surface area contributed by atoms with Crippen molar-refractivity contribution in [2.24, 2.45) is 0 Å². The topological polar surface area (TPSA) is 38.9 Å². The second-order valence-corrected chi connectivity index (χ2v) is 5.57. The van der Waals surface area contributed by atoms with Gasteiger partial charge in [0.05, 0.1) is 5.69 Å². The van der Waals surface area contributed by atoms with Crippen molar-refractivity contribution in [2.75, 3.05) is 5.73 Å². The number of aromatic nitrogens is 1. The Morgan fingerprint density at radius 1 is 1.33 bits per heavy atom. The van der Waals surface area contributed by atoms with Gasteiger partial charge in [-0.15, -0.1) is 11.8 Å². The van der Waals surface area contributed by atoms with Crippen molar-refractivity contribution in [1.82, 2.24) is 4.98 Å². The van der Waals surface area contributed by atoms with Crippen LogP contribution in [0, 0.1) is 6.92 Å². The number of anilines is 1. The Bertz CT molecular complexity index is 332. The molecule has 1 aliphatic rings. The van der Waals surface area contributed by atoms with Crippen LogP contribution < -0.4 is 5.73 Å².